The van der Waals surface area contributed by atoms with Crippen LogP contribution in [0, 0.1) is 5.92 Å². The second kappa shape index (κ2) is 7.95. The van der Waals surface area contributed by atoms with E-state index in [4.69, 9.17) is 14.6 Å². The average Bonchev–Trinajstić information content (AvgIpc) is 2.39. The Morgan fingerprint density at radius 3 is 2.67 bits per heavy atom. The Labute approximate surface area is 109 Å². The van der Waals surface area contributed by atoms with Gasteiger partial charge in [-0.3, -0.25) is 0 Å². The molecule has 1 aromatic carbocycles. The predicted molar refractivity (Wildman–Crippen MR) is 72.1 cm³/mol. The molecule has 0 amide bonds. The minimum atomic E-state index is 0.241. The summed E-state index contributed by atoms with van der Waals surface area (Å²) in [6, 6.07) is 5.77. The summed E-state index contributed by atoms with van der Waals surface area (Å²) in [5.41, 5.74) is 1.08. The third kappa shape index (κ3) is 4.55. The summed E-state index contributed by atoms with van der Waals surface area (Å²) in [5, 5.41) is 12.2. The largest absolute Gasteiger partial charge is 0.497 e. The van der Waals surface area contributed by atoms with Crippen molar-refractivity contribution in [1.82, 2.24) is 5.32 Å². The molecular formula is C14H23NO3. The van der Waals surface area contributed by atoms with Crippen LogP contribution in [-0.4, -0.2) is 32.5 Å². The van der Waals surface area contributed by atoms with Gasteiger partial charge in [-0.05, 0) is 37.1 Å². The van der Waals surface area contributed by atoms with Gasteiger partial charge in [-0.1, -0.05) is 6.92 Å². The standard InChI is InChI=1S/C14H23NO3/c1-11(6-7-16)9-15-10-12-8-13(17-2)4-5-14(12)18-3/h4-5,8,11,15-16H,6-7,9-10H2,1-3H3. The van der Waals surface area contributed by atoms with E-state index >= 15 is 0 Å². The summed E-state index contributed by atoms with van der Waals surface area (Å²) < 4.78 is 10.5. The van der Waals surface area contributed by atoms with Crippen molar-refractivity contribution in [3.05, 3.63) is 23.8 Å². The highest BCUT2D eigenvalue weighted by molar-refractivity contribution is 5.40. The Morgan fingerprint density at radius 2 is 2.06 bits per heavy atom. The highest BCUT2D eigenvalue weighted by Gasteiger charge is 2.06. The maximum absolute atomic E-state index is 8.84. The first-order valence-corrected chi connectivity index (χ1v) is 6.23. The molecule has 0 fully saturated rings. The number of ether oxygens (including phenoxy) is 2. The van der Waals surface area contributed by atoms with Crippen LogP contribution in [0.5, 0.6) is 11.5 Å². The van der Waals surface area contributed by atoms with Gasteiger partial charge in [-0.25, -0.2) is 0 Å². The summed E-state index contributed by atoms with van der Waals surface area (Å²) in [6.45, 7) is 3.97. The van der Waals surface area contributed by atoms with Crippen LogP contribution >= 0.6 is 0 Å². The molecule has 0 bridgehead atoms. The van der Waals surface area contributed by atoms with Gasteiger partial charge < -0.3 is 19.9 Å². The van der Waals surface area contributed by atoms with Crippen molar-refractivity contribution in [2.24, 2.45) is 5.92 Å². The summed E-state index contributed by atoms with van der Waals surface area (Å²) in [4.78, 5) is 0. The second-order valence-electron chi connectivity index (χ2n) is 4.43. The number of benzene rings is 1. The lowest BCUT2D eigenvalue weighted by Crippen LogP contribution is -2.21. The molecule has 4 nitrogen and oxygen atoms in total. The second-order valence-corrected chi connectivity index (χ2v) is 4.43. The lowest BCUT2D eigenvalue weighted by atomic mass is 10.1. The van der Waals surface area contributed by atoms with E-state index in [2.05, 4.69) is 12.2 Å². The van der Waals surface area contributed by atoms with E-state index in [0.717, 1.165) is 36.6 Å². The van der Waals surface area contributed by atoms with Crippen molar-refractivity contribution in [2.45, 2.75) is 19.9 Å². The Kier molecular flexibility index (Phi) is 6.54. The third-order valence-corrected chi connectivity index (χ3v) is 2.92. The Hall–Kier alpha value is -1.26. The molecule has 102 valence electrons. The van der Waals surface area contributed by atoms with Gasteiger partial charge in [0.1, 0.15) is 11.5 Å². The van der Waals surface area contributed by atoms with Gasteiger partial charge in [0.2, 0.25) is 0 Å². The molecule has 2 N–H and O–H groups in total. The molecule has 0 aliphatic carbocycles. The molecule has 0 spiro atoms. The number of methoxy groups -OCH3 is 2. The van der Waals surface area contributed by atoms with Gasteiger partial charge in [-0.15, -0.1) is 0 Å². The molecule has 0 saturated heterocycles. The van der Waals surface area contributed by atoms with E-state index in [0.29, 0.717) is 5.92 Å². The summed E-state index contributed by atoms with van der Waals surface area (Å²) in [7, 11) is 3.32. The Morgan fingerprint density at radius 1 is 1.28 bits per heavy atom. The van der Waals surface area contributed by atoms with Crippen LogP contribution in [-0.2, 0) is 6.54 Å². The van der Waals surface area contributed by atoms with Gasteiger partial charge >= 0.3 is 0 Å². The van der Waals surface area contributed by atoms with Gasteiger partial charge in [-0.2, -0.15) is 0 Å². The van der Waals surface area contributed by atoms with Gasteiger partial charge in [0.25, 0.3) is 0 Å². The monoisotopic (exact) mass is 253 g/mol. The fourth-order valence-corrected chi connectivity index (χ4v) is 1.80. The summed E-state index contributed by atoms with van der Waals surface area (Å²) in [6.07, 6.45) is 0.822. The van der Waals surface area contributed by atoms with E-state index < -0.39 is 0 Å². The first-order chi connectivity index (χ1) is 8.71. The number of aliphatic hydroxyl groups is 1. The number of aliphatic hydroxyl groups excluding tert-OH is 1. The highest BCUT2D eigenvalue weighted by atomic mass is 16.5. The Balaban J connectivity index is 2.54. The molecule has 0 heterocycles. The number of nitrogens with one attached hydrogen (secondary N) is 1. The van der Waals surface area contributed by atoms with Gasteiger partial charge in [0.15, 0.2) is 0 Å². The molecule has 18 heavy (non-hydrogen) atoms. The zero-order valence-corrected chi connectivity index (χ0v) is 11.4. The van der Waals surface area contributed by atoms with Crippen molar-refractivity contribution in [2.75, 3.05) is 27.4 Å². The molecule has 1 rings (SSSR count). The van der Waals surface area contributed by atoms with Gasteiger partial charge in [0, 0.05) is 18.7 Å². The lowest BCUT2D eigenvalue weighted by Gasteiger charge is -2.14. The minimum absolute atomic E-state index is 0.241. The molecular weight excluding hydrogens is 230 g/mol. The van der Waals surface area contributed by atoms with Crippen LogP contribution in [0.3, 0.4) is 0 Å². The van der Waals surface area contributed by atoms with Gasteiger partial charge in [0.05, 0.1) is 14.2 Å². The SMILES string of the molecule is COc1ccc(OC)c(CNCC(C)CCO)c1. The van der Waals surface area contributed by atoms with Crippen LogP contribution in [0.2, 0.25) is 0 Å². The van der Waals surface area contributed by atoms with E-state index in [1.165, 1.54) is 0 Å². The van der Waals surface area contributed by atoms with Crippen molar-refractivity contribution in [1.29, 1.82) is 0 Å². The number of hydrogen-bond acceptors (Lipinski definition) is 4. The normalized spacial score (nSPS) is 12.2. The third-order valence-electron chi connectivity index (χ3n) is 2.92. The fraction of sp³-hybridized carbons (Fsp3) is 0.571. The van der Waals surface area contributed by atoms with Crippen LogP contribution in [0.25, 0.3) is 0 Å². The van der Waals surface area contributed by atoms with E-state index in [1.54, 1.807) is 14.2 Å². The van der Waals surface area contributed by atoms with Crippen molar-refractivity contribution in [3.8, 4) is 11.5 Å². The van der Waals surface area contributed by atoms with E-state index in [1.807, 2.05) is 18.2 Å². The first kappa shape index (κ1) is 14.8. The highest BCUT2D eigenvalue weighted by Crippen LogP contribution is 2.23. The molecule has 1 unspecified atom stereocenters. The van der Waals surface area contributed by atoms with Crippen molar-refractivity contribution in [3.63, 3.8) is 0 Å². The maximum atomic E-state index is 8.84. The zero-order chi connectivity index (χ0) is 13.4. The van der Waals surface area contributed by atoms with Crippen LogP contribution in [0.15, 0.2) is 18.2 Å². The Bertz CT molecular complexity index is 355. The average molecular weight is 253 g/mol. The molecule has 1 atom stereocenters. The van der Waals surface area contributed by atoms with Crippen LogP contribution in [0.4, 0.5) is 0 Å². The molecule has 0 saturated carbocycles. The minimum Gasteiger partial charge on any atom is -0.497 e. The molecule has 1 aromatic rings. The topological polar surface area (TPSA) is 50.7 Å². The molecule has 4 heteroatoms. The molecule has 0 radical (unpaired) electrons. The maximum Gasteiger partial charge on any atom is 0.123 e. The quantitative estimate of drug-likeness (QED) is 0.742. The lowest BCUT2D eigenvalue weighted by molar-refractivity contribution is 0.260. The molecule has 0 aliphatic heterocycles. The fourth-order valence-electron chi connectivity index (χ4n) is 1.80. The first-order valence-electron chi connectivity index (χ1n) is 6.23. The van der Waals surface area contributed by atoms with Crippen molar-refractivity contribution < 1.29 is 14.6 Å². The number of hydrogen-bond donors (Lipinski definition) is 2. The summed E-state index contributed by atoms with van der Waals surface area (Å²) in [5.74, 6) is 2.15. The van der Waals surface area contributed by atoms with E-state index in [9.17, 15) is 0 Å². The van der Waals surface area contributed by atoms with Crippen LogP contribution in [0.1, 0.15) is 18.9 Å². The van der Waals surface area contributed by atoms with Crippen molar-refractivity contribution >= 4 is 0 Å². The zero-order valence-electron chi connectivity index (χ0n) is 11.4. The summed E-state index contributed by atoms with van der Waals surface area (Å²) >= 11 is 0. The molecule has 0 aromatic heterocycles. The van der Waals surface area contributed by atoms with E-state index in [-0.39, 0.29) is 6.61 Å². The van der Waals surface area contributed by atoms with Crippen LogP contribution < -0.4 is 14.8 Å². The smallest absolute Gasteiger partial charge is 0.123 e. The molecule has 0 aliphatic rings. The number of rotatable bonds is 8. The predicted octanol–water partition coefficient (Wildman–Crippen LogP) is 1.81.